The molecule has 0 aliphatic heterocycles. The molecule has 0 fully saturated rings. The van der Waals surface area contributed by atoms with Crippen molar-refractivity contribution in [3.63, 3.8) is 0 Å². The summed E-state index contributed by atoms with van der Waals surface area (Å²) in [7, 11) is 0. The van der Waals surface area contributed by atoms with Crippen LogP contribution in [0.3, 0.4) is 0 Å². The summed E-state index contributed by atoms with van der Waals surface area (Å²) in [5.41, 5.74) is 10.1. The number of fused-ring (bicyclic) bond motifs is 3. The second-order valence-corrected chi connectivity index (χ2v) is 4.41. The predicted octanol–water partition coefficient (Wildman–Crippen LogP) is 2.84. The second kappa shape index (κ2) is 4.15. The molecule has 0 bridgehead atoms. The number of carbonyl (C=O) groups excluding carboxylic acids is 1. The van der Waals surface area contributed by atoms with Crippen molar-refractivity contribution in [1.82, 2.24) is 0 Å². The van der Waals surface area contributed by atoms with Crippen LogP contribution in [0.25, 0.3) is 11.1 Å². The fraction of sp³-hybridized carbons (Fsp3) is 0.0625. The maximum atomic E-state index is 10.9. The van der Waals surface area contributed by atoms with Crippen LogP contribution in [0.1, 0.15) is 17.0 Å². The number of amides is 1. The molecule has 0 spiro atoms. The monoisotopic (exact) mass is 235 g/mol. The first-order valence-corrected chi connectivity index (χ1v) is 5.93. The molecular weight excluding hydrogens is 222 g/mol. The van der Waals surface area contributed by atoms with Gasteiger partial charge < -0.3 is 5.73 Å². The zero-order valence-corrected chi connectivity index (χ0v) is 9.84. The molecule has 1 amide bonds. The molecule has 1 aliphatic carbocycles. The minimum atomic E-state index is -0.406. The minimum Gasteiger partial charge on any atom is -0.366 e. The molecule has 2 aromatic rings. The van der Waals surface area contributed by atoms with Crippen LogP contribution in [-0.2, 0) is 4.79 Å². The number of allylic oxidation sites excluding steroid dienone is 1. The molecule has 0 saturated heterocycles. The Morgan fingerprint density at radius 1 is 0.944 bits per heavy atom. The van der Waals surface area contributed by atoms with Gasteiger partial charge in [-0.25, -0.2) is 0 Å². The van der Waals surface area contributed by atoms with Crippen LogP contribution in [0.4, 0.5) is 0 Å². The van der Waals surface area contributed by atoms with Gasteiger partial charge in [0.25, 0.3) is 0 Å². The molecule has 0 saturated carbocycles. The maximum absolute atomic E-state index is 10.9. The summed E-state index contributed by atoms with van der Waals surface area (Å²) in [6, 6.07) is 16.6. The van der Waals surface area contributed by atoms with Crippen molar-refractivity contribution in [2.24, 2.45) is 5.73 Å². The molecule has 2 N–H and O–H groups in total. The quantitative estimate of drug-likeness (QED) is 0.799. The lowest BCUT2D eigenvalue weighted by Crippen LogP contribution is -2.06. The number of hydrogen-bond acceptors (Lipinski definition) is 1. The molecule has 1 aliphatic rings. The van der Waals surface area contributed by atoms with Gasteiger partial charge in [-0.2, -0.15) is 0 Å². The van der Waals surface area contributed by atoms with Crippen molar-refractivity contribution >= 4 is 5.91 Å². The van der Waals surface area contributed by atoms with Gasteiger partial charge in [-0.05, 0) is 28.3 Å². The highest BCUT2D eigenvalue weighted by molar-refractivity contribution is 5.87. The van der Waals surface area contributed by atoms with Crippen LogP contribution in [0.2, 0.25) is 0 Å². The second-order valence-electron chi connectivity index (χ2n) is 4.41. The van der Waals surface area contributed by atoms with E-state index in [1.807, 2.05) is 30.3 Å². The SMILES string of the molecule is NC(=O)C=CC1c2ccccc2-c2ccccc21. The van der Waals surface area contributed by atoms with E-state index in [2.05, 4.69) is 24.3 Å². The first-order valence-electron chi connectivity index (χ1n) is 5.93. The number of benzene rings is 2. The zero-order valence-electron chi connectivity index (χ0n) is 9.84. The smallest absolute Gasteiger partial charge is 0.241 e. The Hall–Kier alpha value is -2.35. The summed E-state index contributed by atoms with van der Waals surface area (Å²) in [5, 5.41) is 0. The molecule has 2 aromatic carbocycles. The predicted molar refractivity (Wildman–Crippen MR) is 72.1 cm³/mol. The van der Waals surface area contributed by atoms with Crippen molar-refractivity contribution in [3.8, 4) is 11.1 Å². The van der Waals surface area contributed by atoms with Crippen LogP contribution in [0.15, 0.2) is 60.7 Å². The van der Waals surface area contributed by atoms with Gasteiger partial charge in [-0.1, -0.05) is 54.6 Å². The molecule has 0 heterocycles. The van der Waals surface area contributed by atoms with E-state index >= 15 is 0 Å². The first-order chi connectivity index (χ1) is 8.77. The van der Waals surface area contributed by atoms with Gasteiger partial charge in [0.1, 0.15) is 0 Å². The molecule has 0 unspecified atom stereocenters. The lowest BCUT2D eigenvalue weighted by atomic mass is 9.96. The highest BCUT2D eigenvalue weighted by Gasteiger charge is 2.25. The van der Waals surface area contributed by atoms with Crippen molar-refractivity contribution in [2.45, 2.75) is 5.92 Å². The molecule has 18 heavy (non-hydrogen) atoms. The third kappa shape index (κ3) is 1.63. The Balaban J connectivity index is 2.18. The summed E-state index contributed by atoms with van der Waals surface area (Å²) < 4.78 is 0. The highest BCUT2D eigenvalue weighted by Crippen LogP contribution is 2.44. The maximum Gasteiger partial charge on any atom is 0.241 e. The lowest BCUT2D eigenvalue weighted by Gasteiger charge is -2.07. The number of carbonyl (C=O) groups is 1. The van der Waals surface area contributed by atoms with Gasteiger partial charge in [0.15, 0.2) is 0 Å². The van der Waals surface area contributed by atoms with E-state index in [-0.39, 0.29) is 5.92 Å². The number of nitrogens with two attached hydrogens (primary N) is 1. The summed E-state index contributed by atoms with van der Waals surface area (Å²) in [5.74, 6) is -0.276. The third-order valence-corrected chi connectivity index (χ3v) is 3.33. The molecule has 0 radical (unpaired) electrons. The third-order valence-electron chi connectivity index (χ3n) is 3.33. The van der Waals surface area contributed by atoms with E-state index < -0.39 is 5.91 Å². The van der Waals surface area contributed by atoms with Crippen LogP contribution in [-0.4, -0.2) is 5.91 Å². The Morgan fingerprint density at radius 2 is 1.44 bits per heavy atom. The lowest BCUT2D eigenvalue weighted by molar-refractivity contribution is -0.113. The topological polar surface area (TPSA) is 43.1 Å². The van der Waals surface area contributed by atoms with E-state index in [4.69, 9.17) is 5.73 Å². The normalized spacial score (nSPS) is 13.6. The van der Waals surface area contributed by atoms with Crippen molar-refractivity contribution in [1.29, 1.82) is 0 Å². The Kier molecular flexibility index (Phi) is 2.49. The largest absolute Gasteiger partial charge is 0.366 e. The zero-order chi connectivity index (χ0) is 12.5. The summed E-state index contributed by atoms with van der Waals surface area (Å²) in [4.78, 5) is 10.9. The van der Waals surface area contributed by atoms with Crippen molar-refractivity contribution in [2.75, 3.05) is 0 Å². The number of hydrogen-bond donors (Lipinski definition) is 1. The standard InChI is InChI=1S/C16H13NO/c17-16(18)10-9-15-13-7-3-1-5-11(13)12-6-2-4-8-14(12)15/h1-10,15H,(H2,17,18). The molecule has 3 rings (SSSR count). The van der Waals surface area contributed by atoms with Crippen LogP contribution in [0, 0.1) is 0 Å². The molecule has 2 nitrogen and oxygen atoms in total. The van der Waals surface area contributed by atoms with Crippen LogP contribution >= 0.6 is 0 Å². The molecule has 2 heteroatoms. The van der Waals surface area contributed by atoms with E-state index in [9.17, 15) is 4.79 Å². The van der Waals surface area contributed by atoms with Gasteiger partial charge in [0, 0.05) is 5.92 Å². The van der Waals surface area contributed by atoms with Crippen LogP contribution < -0.4 is 5.73 Å². The van der Waals surface area contributed by atoms with Gasteiger partial charge in [-0.3, -0.25) is 4.79 Å². The first kappa shape index (κ1) is 10.8. The van der Waals surface area contributed by atoms with E-state index in [1.165, 1.54) is 28.3 Å². The van der Waals surface area contributed by atoms with E-state index in [0.717, 1.165) is 0 Å². The summed E-state index contributed by atoms with van der Waals surface area (Å²) >= 11 is 0. The number of primary amides is 1. The Bertz CT molecular complexity index is 598. The van der Waals surface area contributed by atoms with E-state index in [0.29, 0.717) is 0 Å². The Morgan fingerprint density at radius 3 is 1.94 bits per heavy atom. The average Bonchev–Trinajstić information content (AvgIpc) is 2.71. The fourth-order valence-corrected chi connectivity index (χ4v) is 2.59. The Labute approximate surface area is 106 Å². The number of rotatable bonds is 2. The van der Waals surface area contributed by atoms with Gasteiger partial charge >= 0.3 is 0 Å². The molecule has 0 atom stereocenters. The fourth-order valence-electron chi connectivity index (χ4n) is 2.59. The van der Waals surface area contributed by atoms with Gasteiger partial charge in [-0.15, -0.1) is 0 Å². The highest BCUT2D eigenvalue weighted by atomic mass is 16.1. The average molecular weight is 235 g/mol. The minimum absolute atomic E-state index is 0.130. The van der Waals surface area contributed by atoms with Crippen LogP contribution in [0.5, 0.6) is 0 Å². The molecule has 88 valence electrons. The van der Waals surface area contributed by atoms with Gasteiger partial charge in [0.05, 0.1) is 0 Å². The summed E-state index contributed by atoms with van der Waals surface area (Å²) in [6.45, 7) is 0. The summed E-state index contributed by atoms with van der Waals surface area (Å²) in [6.07, 6.45) is 3.33. The van der Waals surface area contributed by atoms with Crippen molar-refractivity contribution < 1.29 is 4.79 Å². The van der Waals surface area contributed by atoms with E-state index in [1.54, 1.807) is 0 Å². The molecule has 0 aromatic heterocycles. The molecular formula is C16H13NO. The van der Waals surface area contributed by atoms with Gasteiger partial charge in [0.2, 0.25) is 5.91 Å². The van der Waals surface area contributed by atoms with Crippen molar-refractivity contribution in [3.05, 3.63) is 71.8 Å².